The minimum Gasteiger partial charge on any atom is -0.496 e. The van der Waals surface area contributed by atoms with E-state index in [1.807, 2.05) is 12.1 Å². The van der Waals surface area contributed by atoms with Crippen LogP contribution in [0.3, 0.4) is 0 Å². The summed E-state index contributed by atoms with van der Waals surface area (Å²) >= 11 is 0. The van der Waals surface area contributed by atoms with E-state index >= 15 is 0 Å². The first-order chi connectivity index (χ1) is 8.69. The van der Waals surface area contributed by atoms with Crippen molar-refractivity contribution in [3.63, 3.8) is 0 Å². The molecule has 2 nitrogen and oxygen atoms in total. The van der Waals surface area contributed by atoms with Crippen LogP contribution in [0.2, 0.25) is 0 Å². The molecule has 18 heavy (non-hydrogen) atoms. The lowest BCUT2D eigenvalue weighted by Crippen LogP contribution is -2.33. The monoisotopic (exact) mass is 247 g/mol. The molecule has 0 spiro atoms. The smallest absolute Gasteiger partial charge is 0.122 e. The van der Waals surface area contributed by atoms with Gasteiger partial charge in [-0.3, -0.25) is 0 Å². The Morgan fingerprint density at radius 3 is 2.67 bits per heavy atom. The highest BCUT2D eigenvalue weighted by Gasteiger charge is 2.40. The van der Waals surface area contributed by atoms with Gasteiger partial charge in [0.05, 0.1) is 7.11 Å². The number of hydrogen-bond donors (Lipinski definition) is 1. The van der Waals surface area contributed by atoms with Gasteiger partial charge >= 0.3 is 0 Å². The van der Waals surface area contributed by atoms with E-state index in [9.17, 15) is 0 Å². The van der Waals surface area contributed by atoms with E-state index in [-0.39, 0.29) is 0 Å². The highest BCUT2D eigenvalue weighted by Crippen LogP contribution is 2.47. The van der Waals surface area contributed by atoms with Crippen LogP contribution >= 0.6 is 0 Å². The molecule has 1 fully saturated rings. The van der Waals surface area contributed by atoms with Crippen LogP contribution < -0.4 is 10.1 Å². The molecule has 2 heteroatoms. The van der Waals surface area contributed by atoms with Crippen molar-refractivity contribution >= 4 is 0 Å². The molecule has 1 aliphatic carbocycles. The molecule has 1 aromatic rings. The molecule has 1 saturated carbocycles. The van der Waals surface area contributed by atoms with Gasteiger partial charge < -0.3 is 10.1 Å². The van der Waals surface area contributed by atoms with Gasteiger partial charge in [0, 0.05) is 12.6 Å². The molecular weight excluding hydrogens is 222 g/mol. The Morgan fingerprint density at radius 1 is 1.33 bits per heavy atom. The quantitative estimate of drug-likeness (QED) is 0.797. The summed E-state index contributed by atoms with van der Waals surface area (Å²) in [7, 11) is 1.74. The molecule has 0 saturated heterocycles. The average molecular weight is 247 g/mol. The largest absolute Gasteiger partial charge is 0.496 e. The van der Waals surface area contributed by atoms with Crippen molar-refractivity contribution in [2.45, 2.75) is 45.6 Å². The van der Waals surface area contributed by atoms with Crippen LogP contribution in [0.5, 0.6) is 5.75 Å². The van der Waals surface area contributed by atoms with Gasteiger partial charge in [0.25, 0.3) is 0 Å². The molecular formula is C16H25NO. The van der Waals surface area contributed by atoms with Crippen molar-refractivity contribution < 1.29 is 4.74 Å². The summed E-state index contributed by atoms with van der Waals surface area (Å²) < 4.78 is 5.40. The summed E-state index contributed by atoms with van der Waals surface area (Å²) in [6.07, 6.45) is 5.14. The Balaban J connectivity index is 1.85. The number of nitrogens with one attached hydrogen (secondary N) is 1. The Kier molecular flexibility index (Phi) is 4.28. The second-order valence-electron chi connectivity index (χ2n) is 5.65. The molecule has 0 heterocycles. The van der Waals surface area contributed by atoms with E-state index in [1.54, 1.807) is 7.11 Å². The fraction of sp³-hybridized carbons (Fsp3) is 0.625. The molecule has 1 N–H and O–H groups in total. The Labute approximate surface area is 111 Å². The summed E-state index contributed by atoms with van der Waals surface area (Å²) in [4.78, 5) is 0. The zero-order valence-corrected chi connectivity index (χ0v) is 11.8. The Hall–Kier alpha value is -1.02. The normalized spacial score (nSPS) is 18.4. The van der Waals surface area contributed by atoms with Crippen molar-refractivity contribution in [1.82, 2.24) is 5.32 Å². The standard InChI is InChI=1S/C16H25NO/c1-4-16(9-10-16)12-17-13(2)11-14-7-5-6-8-15(14)18-3/h5-8,13,17H,4,9-12H2,1-3H3. The van der Waals surface area contributed by atoms with Gasteiger partial charge in [-0.25, -0.2) is 0 Å². The molecule has 0 aliphatic heterocycles. The molecule has 1 atom stereocenters. The van der Waals surface area contributed by atoms with E-state index in [2.05, 4.69) is 31.3 Å². The fourth-order valence-corrected chi connectivity index (χ4v) is 2.50. The van der Waals surface area contributed by atoms with Gasteiger partial charge in [-0.2, -0.15) is 0 Å². The topological polar surface area (TPSA) is 21.3 Å². The lowest BCUT2D eigenvalue weighted by molar-refractivity contribution is 0.393. The Bertz CT molecular complexity index is 384. The minimum atomic E-state index is 0.505. The average Bonchev–Trinajstić information content (AvgIpc) is 3.18. The third kappa shape index (κ3) is 3.26. The molecule has 1 aromatic carbocycles. The van der Waals surface area contributed by atoms with Crippen molar-refractivity contribution in [3.05, 3.63) is 29.8 Å². The van der Waals surface area contributed by atoms with Crippen molar-refractivity contribution in [2.24, 2.45) is 5.41 Å². The number of rotatable bonds is 7. The SMILES string of the molecule is CCC1(CNC(C)Cc2ccccc2OC)CC1. The van der Waals surface area contributed by atoms with Crippen LogP contribution in [0, 0.1) is 5.41 Å². The molecule has 1 aliphatic rings. The van der Waals surface area contributed by atoms with E-state index < -0.39 is 0 Å². The van der Waals surface area contributed by atoms with Crippen LogP contribution in [-0.2, 0) is 6.42 Å². The zero-order valence-electron chi connectivity index (χ0n) is 11.8. The number of benzene rings is 1. The molecule has 0 amide bonds. The molecule has 0 radical (unpaired) electrons. The second-order valence-corrected chi connectivity index (χ2v) is 5.65. The van der Waals surface area contributed by atoms with Crippen molar-refractivity contribution in [1.29, 1.82) is 0 Å². The van der Waals surface area contributed by atoms with Gasteiger partial charge in [-0.05, 0) is 49.7 Å². The highest BCUT2D eigenvalue weighted by molar-refractivity contribution is 5.33. The molecule has 0 aromatic heterocycles. The minimum absolute atomic E-state index is 0.505. The number of methoxy groups -OCH3 is 1. The van der Waals surface area contributed by atoms with Crippen molar-refractivity contribution in [2.75, 3.05) is 13.7 Å². The van der Waals surface area contributed by atoms with Crippen LogP contribution in [0.25, 0.3) is 0 Å². The molecule has 2 rings (SSSR count). The van der Waals surface area contributed by atoms with Crippen LogP contribution in [0.4, 0.5) is 0 Å². The zero-order chi connectivity index (χ0) is 13.0. The first-order valence-corrected chi connectivity index (χ1v) is 7.04. The van der Waals surface area contributed by atoms with Gasteiger partial charge in [0.15, 0.2) is 0 Å². The third-order valence-electron chi connectivity index (χ3n) is 4.25. The Morgan fingerprint density at radius 2 is 2.06 bits per heavy atom. The lowest BCUT2D eigenvalue weighted by atomic mass is 10.0. The van der Waals surface area contributed by atoms with E-state index in [0.29, 0.717) is 11.5 Å². The van der Waals surface area contributed by atoms with Gasteiger partial charge in [0.2, 0.25) is 0 Å². The van der Waals surface area contributed by atoms with E-state index in [1.165, 1.54) is 31.4 Å². The molecule has 100 valence electrons. The second kappa shape index (κ2) is 5.75. The maximum absolute atomic E-state index is 5.40. The maximum Gasteiger partial charge on any atom is 0.122 e. The summed E-state index contributed by atoms with van der Waals surface area (Å²) in [5.41, 5.74) is 1.91. The maximum atomic E-state index is 5.40. The summed E-state index contributed by atoms with van der Waals surface area (Å²) in [6.45, 7) is 5.73. The first-order valence-electron chi connectivity index (χ1n) is 7.04. The van der Waals surface area contributed by atoms with Gasteiger partial charge in [-0.1, -0.05) is 25.1 Å². The van der Waals surface area contributed by atoms with Crippen molar-refractivity contribution in [3.8, 4) is 5.75 Å². The fourth-order valence-electron chi connectivity index (χ4n) is 2.50. The third-order valence-corrected chi connectivity index (χ3v) is 4.25. The van der Waals surface area contributed by atoms with Crippen LogP contribution in [0.15, 0.2) is 24.3 Å². The predicted octanol–water partition coefficient (Wildman–Crippen LogP) is 3.41. The van der Waals surface area contributed by atoms with Crippen LogP contribution in [-0.4, -0.2) is 19.7 Å². The summed E-state index contributed by atoms with van der Waals surface area (Å²) in [5.74, 6) is 1.00. The highest BCUT2D eigenvalue weighted by atomic mass is 16.5. The number of hydrogen-bond acceptors (Lipinski definition) is 2. The number of ether oxygens (including phenoxy) is 1. The summed E-state index contributed by atoms with van der Waals surface area (Å²) in [6, 6.07) is 8.81. The van der Waals surface area contributed by atoms with Crippen LogP contribution in [0.1, 0.15) is 38.7 Å². The van der Waals surface area contributed by atoms with E-state index in [4.69, 9.17) is 4.74 Å². The predicted molar refractivity (Wildman–Crippen MR) is 76.1 cm³/mol. The molecule has 1 unspecified atom stereocenters. The molecule has 0 bridgehead atoms. The lowest BCUT2D eigenvalue weighted by Gasteiger charge is -2.19. The van der Waals surface area contributed by atoms with E-state index in [0.717, 1.165) is 12.2 Å². The van der Waals surface area contributed by atoms with Gasteiger partial charge in [0.1, 0.15) is 5.75 Å². The summed E-state index contributed by atoms with van der Waals surface area (Å²) in [5, 5.41) is 3.68. The first kappa shape index (κ1) is 13.4. The number of para-hydroxylation sites is 1. The van der Waals surface area contributed by atoms with Gasteiger partial charge in [-0.15, -0.1) is 0 Å².